The Hall–Kier alpha value is -2.96. The zero-order valence-corrected chi connectivity index (χ0v) is 11.4. The van der Waals surface area contributed by atoms with Crippen molar-refractivity contribution in [3.8, 4) is 0 Å². The van der Waals surface area contributed by atoms with Gasteiger partial charge in [0.15, 0.2) is 0 Å². The molecule has 0 aliphatic heterocycles. The summed E-state index contributed by atoms with van der Waals surface area (Å²) in [5.41, 5.74) is 6.32. The summed E-state index contributed by atoms with van der Waals surface area (Å²) in [6.45, 7) is 1.82. The van der Waals surface area contributed by atoms with E-state index in [2.05, 4.69) is 25.5 Å². The molecule has 106 valence electrons. The molecule has 2 aromatic heterocycles. The van der Waals surface area contributed by atoms with Gasteiger partial charge in [0.05, 0.1) is 11.6 Å². The number of hydrogen-bond acceptors (Lipinski definition) is 5. The number of pyridine rings is 1. The Bertz CT molecular complexity index is 783. The normalized spacial score (nSPS) is 12.2. The number of aromatic amines is 1. The van der Waals surface area contributed by atoms with Gasteiger partial charge in [-0.05, 0) is 12.3 Å². The maximum Gasteiger partial charge on any atom is 0.254 e. The SMILES string of the molecule is CC(NC(=O)c1cnc(N)c2ccccc12)c1ncn[nH]1. The highest BCUT2D eigenvalue weighted by molar-refractivity contribution is 6.09. The Labute approximate surface area is 120 Å². The van der Waals surface area contributed by atoms with Gasteiger partial charge in [-0.15, -0.1) is 0 Å². The van der Waals surface area contributed by atoms with Crippen LogP contribution in [0.4, 0.5) is 5.82 Å². The minimum Gasteiger partial charge on any atom is -0.383 e. The third kappa shape index (κ3) is 2.40. The number of carbonyl (C=O) groups excluding carboxylic acids is 1. The zero-order chi connectivity index (χ0) is 14.8. The number of nitrogens with zero attached hydrogens (tertiary/aromatic N) is 3. The van der Waals surface area contributed by atoms with E-state index in [1.807, 2.05) is 31.2 Å². The second-order valence-electron chi connectivity index (χ2n) is 4.67. The molecule has 1 unspecified atom stereocenters. The summed E-state index contributed by atoms with van der Waals surface area (Å²) < 4.78 is 0. The molecule has 0 bridgehead atoms. The van der Waals surface area contributed by atoms with Crippen LogP contribution in [0.1, 0.15) is 29.1 Å². The molecule has 0 spiro atoms. The number of nitrogens with one attached hydrogen (secondary N) is 2. The summed E-state index contributed by atoms with van der Waals surface area (Å²) in [5, 5.41) is 10.9. The Morgan fingerprint density at radius 1 is 1.29 bits per heavy atom. The Morgan fingerprint density at radius 2 is 2.05 bits per heavy atom. The standard InChI is InChI=1S/C14H14N6O/c1-8(13-17-7-18-20-13)19-14(21)11-6-16-12(15)10-5-3-2-4-9(10)11/h2-8H,1H3,(H2,15,16)(H,19,21)(H,17,18,20). The quantitative estimate of drug-likeness (QED) is 0.673. The van der Waals surface area contributed by atoms with E-state index in [-0.39, 0.29) is 11.9 Å². The van der Waals surface area contributed by atoms with Crippen LogP contribution in [0.25, 0.3) is 10.8 Å². The van der Waals surface area contributed by atoms with Crippen LogP contribution in [-0.4, -0.2) is 26.1 Å². The Balaban J connectivity index is 1.93. The van der Waals surface area contributed by atoms with Crippen LogP contribution >= 0.6 is 0 Å². The third-order valence-electron chi connectivity index (χ3n) is 3.26. The number of carbonyl (C=O) groups is 1. The number of benzene rings is 1. The lowest BCUT2D eigenvalue weighted by atomic mass is 10.1. The Kier molecular flexibility index (Phi) is 3.23. The fraction of sp³-hybridized carbons (Fsp3) is 0.143. The molecule has 21 heavy (non-hydrogen) atoms. The van der Waals surface area contributed by atoms with E-state index in [1.165, 1.54) is 12.5 Å². The molecule has 3 aromatic rings. The van der Waals surface area contributed by atoms with Crippen molar-refractivity contribution in [2.75, 3.05) is 5.73 Å². The lowest BCUT2D eigenvalue weighted by Crippen LogP contribution is -2.27. The molecule has 1 atom stereocenters. The van der Waals surface area contributed by atoms with Gasteiger partial charge in [-0.1, -0.05) is 24.3 Å². The lowest BCUT2D eigenvalue weighted by Gasteiger charge is -2.12. The van der Waals surface area contributed by atoms with E-state index in [0.29, 0.717) is 17.2 Å². The van der Waals surface area contributed by atoms with Crippen molar-refractivity contribution in [1.29, 1.82) is 0 Å². The number of amides is 1. The van der Waals surface area contributed by atoms with Crippen molar-refractivity contribution in [2.24, 2.45) is 0 Å². The van der Waals surface area contributed by atoms with E-state index in [1.54, 1.807) is 0 Å². The highest BCUT2D eigenvalue weighted by Gasteiger charge is 2.16. The summed E-state index contributed by atoms with van der Waals surface area (Å²) >= 11 is 0. The number of nitrogen functional groups attached to an aromatic ring is 1. The van der Waals surface area contributed by atoms with Crippen LogP contribution in [0.3, 0.4) is 0 Å². The maximum atomic E-state index is 12.4. The van der Waals surface area contributed by atoms with E-state index in [9.17, 15) is 4.79 Å². The van der Waals surface area contributed by atoms with Gasteiger partial charge < -0.3 is 11.1 Å². The molecule has 0 aliphatic carbocycles. The summed E-state index contributed by atoms with van der Waals surface area (Å²) in [7, 11) is 0. The van der Waals surface area contributed by atoms with E-state index < -0.39 is 0 Å². The average Bonchev–Trinajstić information content (AvgIpc) is 3.02. The molecule has 4 N–H and O–H groups in total. The monoisotopic (exact) mass is 282 g/mol. The molecule has 1 aromatic carbocycles. The molecule has 2 heterocycles. The topological polar surface area (TPSA) is 110 Å². The van der Waals surface area contributed by atoms with Gasteiger partial charge in [0, 0.05) is 11.6 Å². The van der Waals surface area contributed by atoms with Crippen molar-refractivity contribution < 1.29 is 4.79 Å². The lowest BCUT2D eigenvalue weighted by molar-refractivity contribution is 0.0939. The van der Waals surface area contributed by atoms with Crippen molar-refractivity contribution in [1.82, 2.24) is 25.5 Å². The highest BCUT2D eigenvalue weighted by atomic mass is 16.1. The van der Waals surface area contributed by atoms with Crippen LogP contribution < -0.4 is 11.1 Å². The van der Waals surface area contributed by atoms with Gasteiger partial charge in [-0.3, -0.25) is 9.89 Å². The van der Waals surface area contributed by atoms with Gasteiger partial charge >= 0.3 is 0 Å². The number of aromatic nitrogens is 4. The van der Waals surface area contributed by atoms with E-state index in [0.717, 1.165) is 10.8 Å². The van der Waals surface area contributed by atoms with Crippen LogP contribution in [0.2, 0.25) is 0 Å². The minimum atomic E-state index is -0.281. The van der Waals surface area contributed by atoms with Gasteiger partial charge in [-0.25, -0.2) is 9.97 Å². The molecule has 7 heteroatoms. The summed E-state index contributed by atoms with van der Waals surface area (Å²) in [5.74, 6) is 0.768. The van der Waals surface area contributed by atoms with Crippen molar-refractivity contribution in [3.05, 3.63) is 48.2 Å². The summed E-state index contributed by atoms with van der Waals surface area (Å²) in [6, 6.07) is 7.13. The van der Waals surface area contributed by atoms with Crippen LogP contribution in [0.15, 0.2) is 36.8 Å². The molecule has 0 saturated heterocycles. The molecule has 0 aliphatic rings. The molecule has 1 amide bonds. The first kappa shape index (κ1) is 13.0. The summed E-state index contributed by atoms with van der Waals surface area (Å²) in [4.78, 5) is 20.5. The smallest absolute Gasteiger partial charge is 0.254 e. The first-order valence-corrected chi connectivity index (χ1v) is 6.46. The van der Waals surface area contributed by atoms with Crippen molar-refractivity contribution >= 4 is 22.5 Å². The van der Waals surface area contributed by atoms with Crippen LogP contribution in [0, 0.1) is 0 Å². The largest absolute Gasteiger partial charge is 0.383 e. The number of fused-ring (bicyclic) bond motifs is 1. The highest BCUT2D eigenvalue weighted by Crippen LogP contribution is 2.22. The molecule has 0 fully saturated rings. The first-order chi connectivity index (χ1) is 10.2. The van der Waals surface area contributed by atoms with Gasteiger partial charge in [0.1, 0.15) is 18.0 Å². The number of H-pyrrole nitrogens is 1. The first-order valence-electron chi connectivity index (χ1n) is 6.46. The molecular weight excluding hydrogens is 268 g/mol. The second kappa shape index (κ2) is 5.20. The van der Waals surface area contributed by atoms with E-state index >= 15 is 0 Å². The second-order valence-corrected chi connectivity index (χ2v) is 4.67. The Morgan fingerprint density at radius 3 is 2.76 bits per heavy atom. The van der Waals surface area contributed by atoms with Gasteiger partial charge in [0.2, 0.25) is 0 Å². The summed E-state index contributed by atoms with van der Waals surface area (Å²) in [6.07, 6.45) is 2.89. The van der Waals surface area contributed by atoms with Crippen LogP contribution in [-0.2, 0) is 0 Å². The molecular formula is C14H14N6O. The molecule has 0 saturated carbocycles. The number of anilines is 1. The predicted octanol–water partition coefficient (Wildman–Crippen LogP) is 1.43. The molecule has 3 rings (SSSR count). The third-order valence-corrected chi connectivity index (χ3v) is 3.26. The zero-order valence-electron chi connectivity index (χ0n) is 11.4. The predicted molar refractivity (Wildman–Crippen MR) is 78.4 cm³/mol. The molecule has 7 nitrogen and oxygen atoms in total. The van der Waals surface area contributed by atoms with Gasteiger partial charge in [-0.2, -0.15) is 5.10 Å². The number of nitrogens with two attached hydrogens (primary N) is 1. The van der Waals surface area contributed by atoms with Crippen molar-refractivity contribution in [2.45, 2.75) is 13.0 Å². The number of hydrogen-bond donors (Lipinski definition) is 3. The molecule has 0 radical (unpaired) electrons. The fourth-order valence-corrected chi connectivity index (χ4v) is 2.16. The van der Waals surface area contributed by atoms with Crippen molar-refractivity contribution in [3.63, 3.8) is 0 Å². The van der Waals surface area contributed by atoms with Gasteiger partial charge in [0.25, 0.3) is 5.91 Å². The maximum absolute atomic E-state index is 12.4. The van der Waals surface area contributed by atoms with Crippen LogP contribution in [0.5, 0.6) is 0 Å². The average molecular weight is 282 g/mol. The fourth-order valence-electron chi connectivity index (χ4n) is 2.16. The number of rotatable bonds is 3. The van der Waals surface area contributed by atoms with E-state index in [4.69, 9.17) is 5.73 Å². The minimum absolute atomic E-state index is 0.234.